The molecule has 0 aromatic heterocycles. The molecule has 0 saturated carbocycles. The zero-order chi connectivity index (χ0) is 8.27. The molecule has 1 aliphatic heterocycles. The Morgan fingerprint density at radius 1 is 1.64 bits per heavy atom. The summed E-state index contributed by atoms with van der Waals surface area (Å²) in [7, 11) is 3.65. The van der Waals surface area contributed by atoms with Crippen molar-refractivity contribution >= 4 is 5.71 Å². The van der Waals surface area contributed by atoms with E-state index >= 15 is 0 Å². The number of nitrogens with zero attached hydrogens (tertiary/aromatic N) is 2. The third-order valence-corrected chi connectivity index (χ3v) is 1.80. The highest BCUT2D eigenvalue weighted by molar-refractivity contribution is 6.00. The first-order valence-corrected chi connectivity index (χ1v) is 3.70. The summed E-state index contributed by atoms with van der Waals surface area (Å²) in [6.45, 7) is 5.86. The molecule has 0 aromatic carbocycles. The zero-order valence-corrected chi connectivity index (χ0v) is 7.13. The lowest BCUT2D eigenvalue weighted by atomic mass is 10.1. The van der Waals surface area contributed by atoms with E-state index < -0.39 is 0 Å². The molecule has 0 atom stereocenters. The molecule has 1 fully saturated rings. The van der Waals surface area contributed by atoms with Crippen molar-refractivity contribution in [1.29, 1.82) is 0 Å². The monoisotopic (exact) mass is 154 g/mol. The van der Waals surface area contributed by atoms with Crippen molar-refractivity contribution in [3.8, 4) is 0 Å². The Kier molecular flexibility index (Phi) is 2.65. The number of oxime groups is 1. The Morgan fingerprint density at radius 3 is 2.91 bits per heavy atom. The summed E-state index contributed by atoms with van der Waals surface area (Å²) in [5.74, 6) is 0. The third kappa shape index (κ3) is 2.05. The highest BCUT2D eigenvalue weighted by Crippen LogP contribution is 2.09. The van der Waals surface area contributed by atoms with Crippen LogP contribution in [0.25, 0.3) is 0 Å². The summed E-state index contributed by atoms with van der Waals surface area (Å²) >= 11 is 0. The number of hydrogen-bond acceptors (Lipinski definition) is 3. The molecule has 1 saturated heterocycles. The molecule has 1 heterocycles. The van der Waals surface area contributed by atoms with Crippen molar-refractivity contribution in [1.82, 2.24) is 4.90 Å². The fourth-order valence-electron chi connectivity index (χ4n) is 1.19. The maximum atomic E-state index is 4.70. The van der Waals surface area contributed by atoms with Gasteiger partial charge in [-0.1, -0.05) is 11.7 Å². The van der Waals surface area contributed by atoms with Gasteiger partial charge in [-0.3, -0.25) is 0 Å². The van der Waals surface area contributed by atoms with Crippen LogP contribution in [0.2, 0.25) is 0 Å². The molecule has 1 rings (SSSR count). The van der Waals surface area contributed by atoms with Crippen LogP contribution in [0, 0.1) is 0 Å². The predicted molar refractivity (Wildman–Crippen MR) is 45.7 cm³/mol. The maximum absolute atomic E-state index is 4.70. The van der Waals surface area contributed by atoms with Gasteiger partial charge in [0.1, 0.15) is 7.11 Å². The lowest BCUT2D eigenvalue weighted by molar-refractivity contribution is 0.210. The van der Waals surface area contributed by atoms with E-state index in [2.05, 4.69) is 23.7 Å². The smallest absolute Gasteiger partial charge is 0.106 e. The average Bonchev–Trinajstić information content (AvgIpc) is 1.95. The van der Waals surface area contributed by atoms with Gasteiger partial charge in [-0.05, 0) is 12.6 Å². The molecule has 11 heavy (non-hydrogen) atoms. The van der Waals surface area contributed by atoms with E-state index in [1.807, 2.05) is 0 Å². The molecule has 0 aromatic rings. The van der Waals surface area contributed by atoms with Crippen LogP contribution in [-0.4, -0.2) is 37.9 Å². The van der Waals surface area contributed by atoms with Crippen LogP contribution in [0.3, 0.4) is 0 Å². The first-order valence-electron chi connectivity index (χ1n) is 3.70. The van der Waals surface area contributed by atoms with E-state index in [0.717, 1.165) is 30.8 Å². The molecular formula is C8H14N2O. The van der Waals surface area contributed by atoms with Crippen molar-refractivity contribution in [2.45, 2.75) is 6.42 Å². The average molecular weight is 154 g/mol. The van der Waals surface area contributed by atoms with E-state index in [0.29, 0.717) is 0 Å². The van der Waals surface area contributed by atoms with Crippen LogP contribution in [0.5, 0.6) is 0 Å². The predicted octanol–water partition coefficient (Wildman–Crippen LogP) is 0.880. The fraction of sp³-hybridized carbons (Fsp3) is 0.625. The fourth-order valence-corrected chi connectivity index (χ4v) is 1.19. The number of rotatable bonds is 1. The van der Waals surface area contributed by atoms with Crippen LogP contribution < -0.4 is 0 Å². The second-order valence-electron chi connectivity index (χ2n) is 2.81. The van der Waals surface area contributed by atoms with Gasteiger partial charge in [-0.2, -0.15) is 0 Å². The SMILES string of the molecule is C=C1CN(C)CC/C1=N/OC. The Balaban J connectivity index is 2.58. The summed E-state index contributed by atoms with van der Waals surface area (Å²) < 4.78 is 0. The van der Waals surface area contributed by atoms with Crippen LogP contribution >= 0.6 is 0 Å². The second kappa shape index (κ2) is 3.53. The molecule has 0 aliphatic carbocycles. The maximum Gasteiger partial charge on any atom is 0.106 e. The van der Waals surface area contributed by atoms with Gasteiger partial charge in [0.25, 0.3) is 0 Å². The number of likely N-dealkylation sites (N-methyl/N-ethyl adjacent to an activating group) is 1. The second-order valence-corrected chi connectivity index (χ2v) is 2.81. The summed E-state index contributed by atoms with van der Waals surface area (Å²) in [5, 5.41) is 3.89. The van der Waals surface area contributed by atoms with Gasteiger partial charge < -0.3 is 9.74 Å². The van der Waals surface area contributed by atoms with Crippen molar-refractivity contribution in [3.63, 3.8) is 0 Å². The van der Waals surface area contributed by atoms with Crippen molar-refractivity contribution in [3.05, 3.63) is 12.2 Å². The van der Waals surface area contributed by atoms with Gasteiger partial charge in [0.2, 0.25) is 0 Å². The molecule has 1 aliphatic rings. The largest absolute Gasteiger partial charge is 0.399 e. The van der Waals surface area contributed by atoms with E-state index in [-0.39, 0.29) is 0 Å². The minimum atomic E-state index is 0.905. The number of hydrogen-bond donors (Lipinski definition) is 0. The van der Waals surface area contributed by atoms with Gasteiger partial charge in [0, 0.05) is 19.5 Å². The molecule has 3 nitrogen and oxygen atoms in total. The number of piperidine rings is 1. The highest BCUT2D eigenvalue weighted by atomic mass is 16.6. The molecule has 3 heteroatoms. The minimum absolute atomic E-state index is 0.905. The van der Waals surface area contributed by atoms with E-state index in [1.54, 1.807) is 7.11 Å². The summed E-state index contributed by atoms with van der Waals surface area (Å²) in [4.78, 5) is 6.91. The van der Waals surface area contributed by atoms with Crippen LogP contribution in [-0.2, 0) is 4.84 Å². The van der Waals surface area contributed by atoms with Crippen LogP contribution in [0.4, 0.5) is 0 Å². The Hall–Kier alpha value is -0.830. The van der Waals surface area contributed by atoms with Crippen LogP contribution in [0.1, 0.15) is 6.42 Å². The number of likely N-dealkylation sites (tertiary alicyclic amines) is 1. The molecule has 0 unspecified atom stereocenters. The normalized spacial score (nSPS) is 24.2. The van der Waals surface area contributed by atoms with Gasteiger partial charge >= 0.3 is 0 Å². The summed E-state index contributed by atoms with van der Waals surface area (Å²) in [6, 6.07) is 0. The van der Waals surface area contributed by atoms with Crippen molar-refractivity contribution in [2.24, 2.45) is 5.16 Å². The van der Waals surface area contributed by atoms with Gasteiger partial charge in [0.05, 0.1) is 5.71 Å². The van der Waals surface area contributed by atoms with Crippen LogP contribution in [0.15, 0.2) is 17.3 Å². The van der Waals surface area contributed by atoms with E-state index in [1.165, 1.54) is 0 Å². The van der Waals surface area contributed by atoms with Gasteiger partial charge in [-0.25, -0.2) is 0 Å². The summed E-state index contributed by atoms with van der Waals surface area (Å²) in [6.07, 6.45) is 0.948. The molecule has 62 valence electrons. The topological polar surface area (TPSA) is 24.8 Å². The lowest BCUT2D eigenvalue weighted by Gasteiger charge is -2.24. The molecule has 0 radical (unpaired) electrons. The first-order chi connectivity index (χ1) is 5.24. The first kappa shape index (κ1) is 8.27. The minimum Gasteiger partial charge on any atom is -0.399 e. The Bertz CT molecular complexity index is 187. The van der Waals surface area contributed by atoms with Gasteiger partial charge in [-0.15, -0.1) is 0 Å². The van der Waals surface area contributed by atoms with Crippen molar-refractivity contribution in [2.75, 3.05) is 27.2 Å². The molecule has 0 amide bonds. The highest BCUT2D eigenvalue weighted by Gasteiger charge is 2.15. The Morgan fingerprint density at radius 2 is 2.36 bits per heavy atom. The molecular weight excluding hydrogens is 140 g/mol. The Labute approximate surface area is 67.3 Å². The third-order valence-electron chi connectivity index (χ3n) is 1.80. The van der Waals surface area contributed by atoms with E-state index in [9.17, 15) is 0 Å². The molecule has 0 spiro atoms. The zero-order valence-electron chi connectivity index (χ0n) is 7.13. The summed E-state index contributed by atoms with van der Waals surface area (Å²) in [5.41, 5.74) is 2.08. The van der Waals surface area contributed by atoms with Gasteiger partial charge in [0.15, 0.2) is 0 Å². The van der Waals surface area contributed by atoms with Crippen molar-refractivity contribution < 1.29 is 4.84 Å². The standard InChI is InChI=1S/C8H14N2O/c1-7-6-10(2)5-4-8(7)9-11-3/h1,4-6H2,2-3H3/b9-8-. The quantitative estimate of drug-likeness (QED) is 0.524. The molecule has 0 N–H and O–H groups in total. The molecule has 0 bridgehead atoms. The van der Waals surface area contributed by atoms with E-state index in [4.69, 9.17) is 4.84 Å². The lowest BCUT2D eigenvalue weighted by Crippen LogP contribution is -2.32.